The maximum Gasteiger partial charge on any atom is 0.296 e. The first-order valence-electron chi connectivity index (χ1n) is 10.1. The first kappa shape index (κ1) is 22.8. The molecule has 1 fully saturated rings. The van der Waals surface area contributed by atoms with E-state index in [1.54, 1.807) is 67.7 Å². The summed E-state index contributed by atoms with van der Waals surface area (Å²) in [5, 5.41) is 12.1. The largest absolute Gasteiger partial charge is 0.507 e. The van der Waals surface area contributed by atoms with Crippen molar-refractivity contribution < 1.29 is 19.4 Å². The number of hydrogen-bond acceptors (Lipinski definition) is 5. The lowest BCUT2D eigenvalue weighted by Crippen LogP contribution is -2.29. The molecule has 0 aliphatic carbocycles. The lowest BCUT2D eigenvalue weighted by molar-refractivity contribution is -0.140. The van der Waals surface area contributed by atoms with Crippen molar-refractivity contribution in [3.05, 3.63) is 98.8 Å². The van der Waals surface area contributed by atoms with E-state index < -0.39 is 17.7 Å². The Morgan fingerprint density at radius 1 is 1.12 bits per heavy atom. The summed E-state index contributed by atoms with van der Waals surface area (Å²) in [6.07, 6.45) is 1.61. The normalized spacial score (nSPS) is 17.5. The summed E-state index contributed by atoms with van der Waals surface area (Å²) in [7, 11) is 1.42. The molecule has 33 heavy (non-hydrogen) atoms. The van der Waals surface area contributed by atoms with E-state index in [0.717, 1.165) is 5.56 Å². The number of benzene rings is 2. The van der Waals surface area contributed by atoms with Gasteiger partial charge < -0.3 is 14.7 Å². The van der Waals surface area contributed by atoms with Gasteiger partial charge in [0.15, 0.2) is 0 Å². The number of likely N-dealkylation sites (tertiary alicyclic amines) is 1. The lowest BCUT2D eigenvalue weighted by Gasteiger charge is -2.25. The molecule has 0 radical (unpaired) electrons. The fourth-order valence-corrected chi connectivity index (χ4v) is 4.44. The number of aliphatic hydroxyl groups excluding tert-OH is 1. The molecule has 1 N–H and O–H groups in total. The van der Waals surface area contributed by atoms with Crippen molar-refractivity contribution in [3.8, 4) is 5.75 Å². The second-order valence-electron chi connectivity index (χ2n) is 7.63. The number of aromatic nitrogens is 1. The van der Waals surface area contributed by atoms with Crippen molar-refractivity contribution >= 4 is 40.7 Å². The number of hydrogen-bond donors (Lipinski definition) is 1. The van der Waals surface area contributed by atoms with Gasteiger partial charge in [-0.05, 0) is 54.4 Å². The fraction of sp³-hybridized carbons (Fsp3) is 0.160. The highest BCUT2D eigenvalue weighted by atomic mass is 35.5. The molecule has 1 aliphatic rings. The first-order valence-corrected chi connectivity index (χ1v) is 10.9. The predicted octanol–water partition coefficient (Wildman–Crippen LogP) is 5.33. The molecule has 1 saturated heterocycles. The molecule has 0 spiro atoms. The molecule has 1 unspecified atom stereocenters. The number of Topliss-reactive ketones (excluding diaryl/α,β-unsaturated/α-hetero) is 1. The Hall–Kier alpha value is -3.35. The zero-order valence-corrected chi connectivity index (χ0v) is 19.4. The zero-order chi connectivity index (χ0) is 23.7. The number of carbonyl (C=O) groups is 2. The standard InChI is InChI=1S/C25H20Cl2N2O4/c1-14-11-18(24(33-2)19(27)12-14)22(30)20-21(15-6-8-16(26)9-7-15)29(25(32)23(20)31)13-17-5-3-4-10-28-17/h3-12,21,30H,13H2,1-2H3/b22-20+. The molecule has 168 valence electrons. The van der Waals surface area contributed by atoms with Gasteiger partial charge in [-0.15, -0.1) is 0 Å². The van der Waals surface area contributed by atoms with Crippen LogP contribution in [0.4, 0.5) is 0 Å². The highest BCUT2D eigenvalue weighted by Crippen LogP contribution is 2.43. The minimum atomic E-state index is -0.853. The van der Waals surface area contributed by atoms with Gasteiger partial charge >= 0.3 is 0 Å². The van der Waals surface area contributed by atoms with Crippen LogP contribution in [-0.4, -0.2) is 33.8 Å². The van der Waals surface area contributed by atoms with Gasteiger partial charge in [-0.1, -0.05) is 41.4 Å². The van der Waals surface area contributed by atoms with E-state index >= 15 is 0 Å². The fourth-order valence-electron chi connectivity index (χ4n) is 3.96. The van der Waals surface area contributed by atoms with Gasteiger partial charge in [0.25, 0.3) is 11.7 Å². The van der Waals surface area contributed by atoms with Crippen LogP contribution in [0.2, 0.25) is 10.0 Å². The highest BCUT2D eigenvalue weighted by molar-refractivity contribution is 6.46. The van der Waals surface area contributed by atoms with E-state index in [1.165, 1.54) is 12.0 Å². The molecule has 2 aromatic carbocycles. The Balaban J connectivity index is 1.93. The molecule has 1 aliphatic heterocycles. The van der Waals surface area contributed by atoms with Gasteiger partial charge in [-0.2, -0.15) is 0 Å². The maximum absolute atomic E-state index is 13.2. The number of nitrogens with zero attached hydrogens (tertiary/aromatic N) is 2. The van der Waals surface area contributed by atoms with Gasteiger partial charge in [-0.25, -0.2) is 0 Å². The number of carbonyl (C=O) groups excluding carboxylic acids is 2. The molecule has 2 heterocycles. The van der Waals surface area contributed by atoms with Crippen molar-refractivity contribution in [3.63, 3.8) is 0 Å². The summed E-state index contributed by atoms with van der Waals surface area (Å²) in [5.41, 5.74) is 2.16. The number of amides is 1. The Morgan fingerprint density at radius 2 is 1.85 bits per heavy atom. The third-order valence-corrected chi connectivity index (χ3v) is 5.96. The quantitative estimate of drug-likeness (QED) is 0.302. The number of methoxy groups -OCH3 is 1. The third kappa shape index (κ3) is 4.32. The van der Waals surface area contributed by atoms with E-state index in [2.05, 4.69) is 4.98 Å². The SMILES string of the molecule is COc1c(Cl)cc(C)cc1/C(O)=C1\C(=O)C(=O)N(Cc2ccccn2)C1c1ccc(Cl)cc1. The summed E-state index contributed by atoms with van der Waals surface area (Å²) < 4.78 is 5.39. The highest BCUT2D eigenvalue weighted by Gasteiger charge is 2.46. The number of halogens is 2. The van der Waals surface area contributed by atoms with Crippen molar-refractivity contribution in [2.75, 3.05) is 7.11 Å². The van der Waals surface area contributed by atoms with Crippen LogP contribution in [0, 0.1) is 6.92 Å². The number of aryl methyl sites for hydroxylation is 1. The summed E-state index contributed by atoms with van der Waals surface area (Å²) >= 11 is 12.4. The number of pyridine rings is 1. The van der Waals surface area contributed by atoms with Crippen LogP contribution >= 0.6 is 23.2 Å². The van der Waals surface area contributed by atoms with Crippen molar-refractivity contribution in [2.24, 2.45) is 0 Å². The Labute approximate surface area is 201 Å². The molecule has 1 atom stereocenters. The zero-order valence-electron chi connectivity index (χ0n) is 17.9. The van der Waals surface area contributed by atoms with E-state index in [4.69, 9.17) is 27.9 Å². The topological polar surface area (TPSA) is 79.7 Å². The first-order chi connectivity index (χ1) is 15.8. The molecule has 0 saturated carbocycles. The number of rotatable bonds is 5. The van der Waals surface area contributed by atoms with Crippen molar-refractivity contribution in [2.45, 2.75) is 19.5 Å². The Kier molecular flexibility index (Phi) is 6.40. The molecule has 8 heteroatoms. The van der Waals surface area contributed by atoms with Gasteiger partial charge in [0.1, 0.15) is 11.5 Å². The van der Waals surface area contributed by atoms with Crippen LogP contribution in [0.3, 0.4) is 0 Å². The Morgan fingerprint density at radius 3 is 2.48 bits per heavy atom. The van der Waals surface area contributed by atoms with Gasteiger partial charge in [0.05, 0.1) is 41.5 Å². The summed E-state index contributed by atoms with van der Waals surface area (Å²) in [6.45, 7) is 1.89. The van der Waals surface area contributed by atoms with Gasteiger partial charge in [0.2, 0.25) is 0 Å². The molecule has 4 rings (SSSR count). The summed E-state index contributed by atoms with van der Waals surface area (Å²) in [4.78, 5) is 32.0. The molecular weight excluding hydrogens is 463 g/mol. The molecule has 1 aromatic heterocycles. The van der Waals surface area contributed by atoms with E-state index in [-0.39, 0.29) is 34.2 Å². The van der Waals surface area contributed by atoms with Gasteiger partial charge in [-0.3, -0.25) is 14.6 Å². The van der Waals surface area contributed by atoms with Crippen LogP contribution in [0.5, 0.6) is 5.75 Å². The smallest absolute Gasteiger partial charge is 0.296 e. The number of ketones is 1. The van der Waals surface area contributed by atoms with Crippen LogP contribution in [0.1, 0.15) is 28.4 Å². The van der Waals surface area contributed by atoms with Gasteiger partial charge in [0, 0.05) is 11.2 Å². The van der Waals surface area contributed by atoms with Crippen molar-refractivity contribution in [1.29, 1.82) is 0 Å². The minimum Gasteiger partial charge on any atom is -0.507 e. The van der Waals surface area contributed by atoms with E-state index in [9.17, 15) is 14.7 Å². The third-order valence-electron chi connectivity index (χ3n) is 5.43. The average Bonchev–Trinajstić information content (AvgIpc) is 3.04. The summed E-state index contributed by atoms with van der Waals surface area (Å²) in [5.74, 6) is -1.69. The molecular formula is C25H20Cl2N2O4. The van der Waals surface area contributed by atoms with Crippen molar-refractivity contribution in [1.82, 2.24) is 9.88 Å². The lowest BCUT2D eigenvalue weighted by atomic mass is 9.94. The number of aliphatic hydroxyl groups is 1. The second kappa shape index (κ2) is 9.25. The van der Waals surface area contributed by atoms with Crippen LogP contribution in [0.25, 0.3) is 5.76 Å². The van der Waals surface area contributed by atoms with Crippen LogP contribution in [0.15, 0.2) is 66.4 Å². The van der Waals surface area contributed by atoms with Crippen LogP contribution in [-0.2, 0) is 16.1 Å². The minimum absolute atomic E-state index is 0.0572. The average molecular weight is 483 g/mol. The van der Waals surface area contributed by atoms with Crippen LogP contribution < -0.4 is 4.74 Å². The molecule has 0 bridgehead atoms. The number of ether oxygens (including phenoxy) is 1. The summed E-state index contributed by atoms with van der Waals surface area (Å²) in [6, 6.07) is 14.6. The monoisotopic (exact) mass is 482 g/mol. The molecule has 6 nitrogen and oxygen atoms in total. The maximum atomic E-state index is 13.2. The van der Waals surface area contributed by atoms with E-state index in [0.29, 0.717) is 16.3 Å². The second-order valence-corrected chi connectivity index (χ2v) is 8.47. The Bertz CT molecular complexity index is 1260. The molecule has 3 aromatic rings. The van der Waals surface area contributed by atoms with E-state index in [1.807, 2.05) is 0 Å². The molecule has 1 amide bonds. The predicted molar refractivity (Wildman–Crippen MR) is 126 cm³/mol.